The van der Waals surface area contributed by atoms with E-state index in [2.05, 4.69) is 19.2 Å². The number of unbranched alkanes of at least 4 members (excludes halogenated alkanes) is 1. The van der Waals surface area contributed by atoms with Gasteiger partial charge in [0.1, 0.15) is 17.2 Å². The number of amides is 1. The predicted molar refractivity (Wildman–Crippen MR) is 152 cm³/mol. The number of anilines is 1. The van der Waals surface area contributed by atoms with Crippen molar-refractivity contribution >= 4 is 32.6 Å². The molecule has 1 amide bonds. The van der Waals surface area contributed by atoms with Gasteiger partial charge in [-0.3, -0.25) is 9.10 Å². The lowest BCUT2D eigenvalue weighted by Gasteiger charge is -2.25. The second-order valence-electron chi connectivity index (χ2n) is 10.6. The molecule has 2 aromatic carbocycles. The van der Waals surface area contributed by atoms with Gasteiger partial charge in [0.25, 0.3) is 5.91 Å². The number of halogens is 1. The van der Waals surface area contributed by atoms with E-state index >= 15 is 0 Å². The summed E-state index contributed by atoms with van der Waals surface area (Å²) in [6.07, 6.45) is 7.79. The van der Waals surface area contributed by atoms with E-state index in [0.717, 1.165) is 50.5 Å². The topological polar surface area (TPSA) is 79.6 Å². The van der Waals surface area contributed by atoms with E-state index in [1.807, 2.05) is 13.0 Å². The maximum Gasteiger partial charge on any atom is 0.255 e. The third-order valence-corrected chi connectivity index (χ3v) is 8.61. The third kappa shape index (κ3) is 6.40. The van der Waals surface area contributed by atoms with Gasteiger partial charge in [0.2, 0.25) is 10.0 Å². The van der Waals surface area contributed by atoms with Crippen molar-refractivity contribution in [2.24, 2.45) is 5.92 Å². The number of benzene rings is 2. The summed E-state index contributed by atoms with van der Waals surface area (Å²) in [6.45, 7) is 7.32. The van der Waals surface area contributed by atoms with Crippen molar-refractivity contribution in [1.82, 2.24) is 5.32 Å². The van der Waals surface area contributed by atoms with Gasteiger partial charge in [0, 0.05) is 30.1 Å². The monoisotopic (exact) mass is 542 g/mol. The van der Waals surface area contributed by atoms with Crippen LogP contribution in [0.5, 0.6) is 0 Å². The van der Waals surface area contributed by atoms with Crippen LogP contribution in [0.4, 0.5) is 10.1 Å². The number of furan rings is 1. The van der Waals surface area contributed by atoms with Crippen LogP contribution in [0.2, 0.25) is 0 Å². The average molecular weight is 543 g/mol. The van der Waals surface area contributed by atoms with E-state index in [9.17, 15) is 17.6 Å². The minimum atomic E-state index is -3.52. The number of hydrogen-bond donors (Lipinski definition) is 1. The molecule has 38 heavy (non-hydrogen) atoms. The molecule has 6 nitrogen and oxygen atoms in total. The first-order valence-electron chi connectivity index (χ1n) is 13.8. The fraction of sp³-hybridized carbons (Fsp3) is 0.500. The molecule has 1 aromatic heterocycles. The number of rotatable bonds is 13. The average Bonchev–Trinajstić information content (AvgIpc) is 3.66. The van der Waals surface area contributed by atoms with Crippen LogP contribution < -0.4 is 9.62 Å². The van der Waals surface area contributed by atoms with Gasteiger partial charge < -0.3 is 9.73 Å². The minimum Gasteiger partial charge on any atom is -0.455 e. The Balaban J connectivity index is 1.82. The Bertz CT molecular complexity index is 1380. The molecule has 1 N–H and O–H groups in total. The molecule has 8 heteroatoms. The van der Waals surface area contributed by atoms with Gasteiger partial charge in [0.15, 0.2) is 0 Å². The predicted octanol–water partition coefficient (Wildman–Crippen LogP) is 7.24. The van der Waals surface area contributed by atoms with E-state index in [-0.39, 0.29) is 17.6 Å². The molecule has 1 atom stereocenters. The zero-order chi connectivity index (χ0) is 27.4. The Kier molecular flexibility index (Phi) is 8.81. The molecular weight excluding hydrogens is 503 g/mol. The lowest BCUT2D eigenvalue weighted by atomic mass is 10.00. The first-order valence-corrected chi connectivity index (χ1v) is 15.6. The molecule has 0 saturated heterocycles. The number of carbonyl (C=O) groups is 1. The van der Waals surface area contributed by atoms with Crippen LogP contribution in [-0.4, -0.2) is 33.7 Å². The zero-order valence-corrected chi connectivity index (χ0v) is 23.7. The highest BCUT2D eigenvalue weighted by Gasteiger charge is 2.33. The van der Waals surface area contributed by atoms with Crippen molar-refractivity contribution in [3.63, 3.8) is 0 Å². The van der Waals surface area contributed by atoms with Crippen molar-refractivity contribution in [1.29, 1.82) is 0 Å². The highest BCUT2D eigenvalue weighted by molar-refractivity contribution is 7.92. The van der Waals surface area contributed by atoms with Crippen molar-refractivity contribution in [3.05, 3.63) is 53.3 Å². The Morgan fingerprint density at radius 2 is 1.87 bits per heavy atom. The van der Waals surface area contributed by atoms with Crippen molar-refractivity contribution in [3.8, 4) is 11.3 Å². The largest absolute Gasteiger partial charge is 0.455 e. The molecule has 1 unspecified atom stereocenters. The third-order valence-electron chi connectivity index (χ3n) is 7.43. The maximum atomic E-state index is 13.7. The minimum absolute atomic E-state index is 0.243. The molecule has 206 valence electrons. The van der Waals surface area contributed by atoms with Crippen molar-refractivity contribution < 1.29 is 22.0 Å². The molecule has 4 rings (SSSR count). The molecule has 0 spiro atoms. The normalized spacial score (nSPS) is 14.6. The second-order valence-corrected chi connectivity index (χ2v) is 12.5. The summed E-state index contributed by atoms with van der Waals surface area (Å²) in [7, 11) is -3.52. The van der Waals surface area contributed by atoms with Crippen LogP contribution >= 0.6 is 0 Å². The second kappa shape index (κ2) is 11.9. The molecule has 0 radical (unpaired) electrons. The summed E-state index contributed by atoms with van der Waals surface area (Å²) in [5.41, 5.74) is 2.99. The van der Waals surface area contributed by atoms with Crippen LogP contribution in [0, 0.1) is 11.7 Å². The first kappa shape index (κ1) is 28.1. The van der Waals surface area contributed by atoms with Crippen LogP contribution in [0.25, 0.3) is 22.3 Å². The SMILES string of the molecule is CCCCN(c1cc2oc(-c3ccc(F)cc3)c(C(=O)NCCCC(C)CC)c2cc1C1CC1)S(C)(=O)=O. The van der Waals surface area contributed by atoms with Gasteiger partial charge in [-0.15, -0.1) is 0 Å². The Morgan fingerprint density at radius 3 is 2.47 bits per heavy atom. The number of fused-ring (bicyclic) bond motifs is 1. The molecule has 1 heterocycles. The van der Waals surface area contributed by atoms with E-state index in [1.54, 1.807) is 18.2 Å². The molecule has 0 aliphatic heterocycles. The quantitative estimate of drug-likeness (QED) is 0.231. The van der Waals surface area contributed by atoms with Crippen LogP contribution in [0.3, 0.4) is 0 Å². The fourth-order valence-electron chi connectivity index (χ4n) is 4.83. The lowest BCUT2D eigenvalue weighted by Crippen LogP contribution is -2.31. The number of nitrogens with zero attached hydrogens (tertiary/aromatic N) is 1. The van der Waals surface area contributed by atoms with Gasteiger partial charge in [-0.25, -0.2) is 12.8 Å². The summed E-state index contributed by atoms with van der Waals surface area (Å²) >= 11 is 0. The van der Waals surface area contributed by atoms with Crippen LogP contribution in [0.1, 0.15) is 87.6 Å². The molecule has 1 aliphatic carbocycles. The van der Waals surface area contributed by atoms with Gasteiger partial charge in [-0.1, -0.05) is 33.6 Å². The highest BCUT2D eigenvalue weighted by Crippen LogP contribution is 2.48. The van der Waals surface area contributed by atoms with Gasteiger partial charge in [-0.05, 0) is 79.8 Å². The summed E-state index contributed by atoms with van der Waals surface area (Å²) < 4.78 is 47.1. The zero-order valence-electron chi connectivity index (χ0n) is 22.8. The Labute approximate surface area is 225 Å². The maximum absolute atomic E-state index is 13.7. The standard InChI is InChI=1S/C30H39FN2O4S/c1-5-7-17-33(38(4,35)36)26-19-27-25(18-24(26)21-10-11-21)28(30(34)32-16-8-9-20(3)6-2)29(37-27)22-12-14-23(31)15-13-22/h12-15,18-21H,5-11,16-17H2,1-4H3,(H,32,34). The van der Waals surface area contributed by atoms with E-state index in [1.165, 1.54) is 22.7 Å². The molecular formula is C30H39FN2O4S. The first-order chi connectivity index (χ1) is 18.1. The highest BCUT2D eigenvalue weighted by atomic mass is 32.2. The number of hydrogen-bond acceptors (Lipinski definition) is 4. The summed E-state index contributed by atoms with van der Waals surface area (Å²) in [5.74, 6) is 0.585. The van der Waals surface area contributed by atoms with E-state index < -0.39 is 10.0 Å². The van der Waals surface area contributed by atoms with Crippen LogP contribution in [0.15, 0.2) is 40.8 Å². The number of nitrogens with one attached hydrogen (secondary N) is 1. The molecule has 1 saturated carbocycles. The van der Waals surface area contributed by atoms with Crippen molar-refractivity contribution in [2.45, 2.75) is 71.6 Å². The number of sulfonamides is 1. The smallest absolute Gasteiger partial charge is 0.255 e. The van der Waals surface area contributed by atoms with E-state index in [4.69, 9.17) is 4.42 Å². The number of carbonyl (C=O) groups excluding carboxylic acids is 1. The van der Waals surface area contributed by atoms with Gasteiger partial charge in [0.05, 0.1) is 17.5 Å². The molecule has 1 fully saturated rings. The Morgan fingerprint density at radius 1 is 1.16 bits per heavy atom. The molecule has 0 bridgehead atoms. The summed E-state index contributed by atoms with van der Waals surface area (Å²) in [4.78, 5) is 13.6. The van der Waals surface area contributed by atoms with Crippen LogP contribution in [-0.2, 0) is 10.0 Å². The Hall–Kier alpha value is -2.87. The van der Waals surface area contributed by atoms with Gasteiger partial charge >= 0.3 is 0 Å². The molecule has 3 aromatic rings. The van der Waals surface area contributed by atoms with Crippen molar-refractivity contribution in [2.75, 3.05) is 23.7 Å². The fourth-order valence-corrected chi connectivity index (χ4v) is 5.80. The summed E-state index contributed by atoms with van der Waals surface area (Å²) in [6, 6.07) is 9.59. The lowest BCUT2D eigenvalue weighted by molar-refractivity contribution is 0.0954. The van der Waals surface area contributed by atoms with Gasteiger partial charge in [-0.2, -0.15) is 0 Å². The summed E-state index contributed by atoms with van der Waals surface area (Å²) in [5, 5.41) is 3.70. The molecule has 1 aliphatic rings. The van der Waals surface area contributed by atoms with E-state index in [0.29, 0.717) is 52.6 Å².